The lowest BCUT2D eigenvalue weighted by atomic mass is 10.4. The van der Waals surface area contributed by atoms with Crippen LogP contribution in [0.2, 0.25) is 0 Å². The van der Waals surface area contributed by atoms with Crippen molar-refractivity contribution in [3.8, 4) is 0 Å². The van der Waals surface area contributed by atoms with Crippen molar-refractivity contribution < 1.29 is 8.42 Å². The van der Waals surface area contributed by atoms with E-state index in [-0.39, 0.29) is 11.6 Å². The van der Waals surface area contributed by atoms with Gasteiger partial charge in [0.2, 0.25) is 0 Å². The highest BCUT2D eigenvalue weighted by Gasteiger charge is 2.19. The zero-order chi connectivity index (χ0) is 14.6. The highest BCUT2D eigenvalue weighted by molar-refractivity contribution is 7.89. The Morgan fingerprint density at radius 1 is 1.35 bits per heavy atom. The van der Waals surface area contributed by atoms with Crippen LogP contribution in [0.5, 0.6) is 0 Å². The fourth-order valence-corrected chi connectivity index (χ4v) is 2.83. The minimum absolute atomic E-state index is 0.0171. The van der Waals surface area contributed by atoms with E-state index in [1.54, 1.807) is 37.2 Å². The summed E-state index contributed by atoms with van der Waals surface area (Å²) in [5.74, 6) is 0.588. The van der Waals surface area contributed by atoms with Gasteiger partial charge in [-0.1, -0.05) is 0 Å². The maximum absolute atomic E-state index is 12.1. The minimum atomic E-state index is -3.65. The number of aryl methyl sites for hydroxylation is 1. The molecule has 0 amide bonds. The summed E-state index contributed by atoms with van der Waals surface area (Å²) in [6, 6.07) is 3.32. The molecule has 0 saturated heterocycles. The highest BCUT2D eigenvalue weighted by atomic mass is 32.2. The average molecular weight is 296 g/mol. The molecule has 0 spiro atoms. The summed E-state index contributed by atoms with van der Waals surface area (Å²) in [7, 11) is -0.248. The number of anilines is 1. The van der Waals surface area contributed by atoms with Crippen LogP contribution in [0.4, 0.5) is 5.69 Å². The Kier molecular flexibility index (Phi) is 4.30. The van der Waals surface area contributed by atoms with Crippen molar-refractivity contribution in [1.82, 2.24) is 24.5 Å². The van der Waals surface area contributed by atoms with Gasteiger partial charge in [-0.15, -0.1) is 0 Å². The number of sulfonamides is 1. The summed E-state index contributed by atoms with van der Waals surface area (Å²) >= 11 is 0. The summed E-state index contributed by atoms with van der Waals surface area (Å²) in [5, 5.41) is 6.87. The number of hydrogen-bond donors (Lipinski definition) is 2. The normalized spacial score (nSPS) is 11.5. The first-order chi connectivity index (χ1) is 9.53. The Morgan fingerprint density at radius 3 is 2.80 bits per heavy atom. The Bertz CT molecular complexity index is 682. The number of pyridine rings is 1. The largest absolute Gasteiger partial charge is 0.386 e. The van der Waals surface area contributed by atoms with Gasteiger partial charge in [0.05, 0.1) is 5.69 Å². The molecule has 2 heterocycles. The molecule has 20 heavy (non-hydrogen) atoms. The molecule has 2 aromatic rings. The van der Waals surface area contributed by atoms with E-state index in [4.69, 9.17) is 0 Å². The number of nitrogens with one attached hydrogen (secondary N) is 2. The van der Waals surface area contributed by atoms with Gasteiger partial charge in [0.15, 0.2) is 10.9 Å². The van der Waals surface area contributed by atoms with Gasteiger partial charge in [-0.25, -0.2) is 23.1 Å². The standard InChI is InChI=1S/C11H16N6O2S/c1-12-9-4-3-6-13-11(9)20(18,19)15-7-5-10-14-8-17(2)16-10/h3-4,6,8,12,15H,5,7H2,1-2H3. The van der Waals surface area contributed by atoms with E-state index in [1.807, 2.05) is 0 Å². The summed E-state index contributed by atoms with van der Waals surface area (Å²) in [5.41, 5.74) is 0.455. The second-order valence-corrected chi connectivity index (χ2v) is 5.77. The molecule has 8 nitrogen and oxygen atoms in total. The predicted molar refractivity (Wildman–Crippen MR) is 73.7 cm³/mol. The van der Waals surface area contributed by atoms with Crippen LogP contribution in [0.3, 0.4) is 0 Å². The Labute approximate surface area is 117 Å². The van der Waals surface area contributed by atoms with Crippen LogP contribution >= 0.6 is 0 Å². The molecule has 0 bridgehead atoms. The van der Waals surface area contributed by atoms with Crippen molar-refractivity contribution in [2.75, 3.05) is 18.9 Å². The van der Waals surface area contributed by atoms with E-state index < -0.39 is 10.0 Å². The van der Waals surface area contributed by atoms with E-state index in [2.05, 4.69) is 25.1 Å². The monoisotopic (exact) mass is 296 g/mol. The van der Waals surface area contributed by atoms with Gasteiger partial charge in [0, 0.05) is 33.3 Å². The second kappa shape index (κ2) is 5.97. The Balaban J connectivity index is 2.04. The number of aromatic nitrogens is 4. The summed E-state index contributed by atoms with van der Waals surface area (Å²) in [6.07, 6.45) is 3.43. The SMILES string of the molecule is CNc1cccnc1S(=O)(=O)NCCc1ncn(C)n1. The zero-order valence-corrected chi connectivity index (χ0v) is 12.1. The van der Waals surface area contributed by atoms with Crippen LogP contribution in [0.25, 0.3) is 0 Å². The molecule has 0 unspecified atom stereocenters. The molecule has 0 aliphatic heterocycles. The third-order valence-corrected chi connectivity index (χ3v) is 4.00. The Hall–Kier alpha value is -2.00. The lowest BCUT2D eigenvalue weighted by Gasteiger charge is -2.09. The third-order valence-electron chi connectivity index (χ3n) is 2.58. The molecule has 0 aliphatic carbocycles. The molecule has 0 atom stereocenters. The molecule has 0 radical (unpaired) electrons. The van der Waals surface area contributed by atoms with Gasteiger partial charge >= 0.3 is 0 Å². The molecule has 2 aromatic heterocycles. The predicted octanol–water partition coefficient (Wildman–Crippen LogP) is -0.227. The lowest BCUT2D eigenvalue weighted by Crippen LogP contribution is -2.27. The fraction of sp³-hybridized carbons (Fsp3) is 0.364. The number of hydrogen-bond acceptors (Lipinski definition) is 6. The molecular formula is C11H16N6O2S. The smallest absolute Gasteiger partial charge is 0.260 e. The van der Waals surface area contributed by atoms with Crippen LogP contribution < -0.4 is 10.0 Å². The molecule has 108 valence electrons. The zero-order valence-electron chi connectivity index (χ0n) is 11.2. The average Bonchev–Trinajstić information content (AvgIpc) is 2.84. The van der Waals surface area contributed by atoms with Gasteiger partial charge in [-0.2, -0.15) is 5.10 Å². The molecule has 0 aromatic carbocycles. The van der Waals surface area contributed by atoms with Gasteiger partial charge in [-0.3, -0.25) is 4.68 Å². The second-order valence-electron chi connectivity index (χ2n) is 4.09. The Morgan fingerprint density at radius 2 is 2.15 bits per heavy atom. The minimum Gasteiger partial charge on any atom is -0.386 e. The first-order valence-electron chi connectivity index (χ1n) is 6.00. The first kappa shape index (κ1) is 14.4. The van der Waals surface area contributed by atoms with Crippen LogP contribution in [0.15, 0.2) is 29.7 Å². The van der Waals surface area contributed by atoms with Crippen molar-refractivity contribution in [2.24, 2.45) is 7.05 Å². The topological polar surface area (TPSA) is 102 Å². The van der Waals surface area contributed by atoms with Gasteiger partial charge in [-0.05, 0) is 12.1 Å². The quantitative estimate of drug-likeness (QED) is 0.763. The van der Waals surface area contributed by atoms with Gasteiger partial charge < -0.3 is 5.32 Å². The molecule has 9 heteroatoms. The molecular weight excluding hydrogens is 280 g/mol. The molecule has 0 saturated carbocycles. The summed E-state index contributed by atoms with van der Waals surface area (Å²) in [6.45, 7) is 0.214. The fourth-order valence-electron chi connectivity index (χ4n) is 1.66. The van der Waals surface area contributed by atoms with Crippen LogP contribution in [0, 0.1) is 0 Å². The van der Waals surface area contributed by atoms with Crippen LogP contribution in [-0.4, -0.2) is 41.8 Å². The molecule has 2 rings (SSSR count). The van der Waals surface area contributed by atoms with Crippen molar-refractivity contribution >= 4 is 15.7 Å². The van der Waals surface area contributed by atoms with Gasteiger partial charge in [0.1, 0.15) is 6.33 Å². The number of nitrogens with zero attached hydrogens (tertiary/aromatic N) is 4. The van der Waals surface area contributed by atoms with Crippen molar-refractivity contribution in [1.29, 1.82) is 0 Å². The van der Waals surface area contributed by atoms with Crippen molar-refractivity contribution in [3.63, 3.8) is 0 Å². The summed E-state index contributed by atoms with van der Waals surface area (Å²) in [4.78, 5) is 7.93. The number of rotatable bonds is 6. The molecule has 0 fully saturated rings. The van der Waals surface area contributed by atoms with Crippen molar-refractivity contribution in [2.45, 2.75) is 11.4 Å². The van der Waals surface area contributed by atoms with E-state index in [0.29, 0.717) is 17.9 Å². The summed E-state index contributed by atoms with van der Waals surface area (Å²) < 4.78 is 28.4. The van der Waals surface area contributed by atoms with E-state index in [9.17, 15) is 8.42 Å². The molecule has 0 aliphatic rings. The van der Waals surface area contributed by atoms with Crippen molar-refractivity contribution in [3.05, 3.63) is 30.5 Å². The molecule has 2 N–H and O–H groups in total. The van der Waals surface area contributed by atoms with Gasteiger partial charge in [0.25, 0.3) is 10.0 Å². The highest BCUT2D eigenvalue weighted by Crippen LogP contribution is 2.16. The van der Waals surface area contributed by atoms with E-state index in [1.165, 1.54) is 6.20 Å². The third kappa shape index (κ3) is 3.31. The maximum Gasteiger partial charge on any atom is 0.260 e. The first-order valence-corrected chi connectivity index (χ1v) is 7.48. The maximum atomic E-state index is 12.1. The van der Waals surface area contributed by atoms with Crippen LogP contribution in [-0.2, 0) is 23.5 Å². The van der Waals surface area contributed by atoms with E-state index >= 15 is 0 Å². The lowest BCUT2D eigenvalue weighted by molar-refractivity contribution is 0.577. The van der Waals surface area contributed by atoms with E-state index in [0.717, 1.165) is 0 Å². The van der Waals surface area contributed by atoms with Crippen LogP contribution in [0.1, 0.15) is 5.82 Å².